The minimum Gasteiger partial charge on any atom is -0.207 e. The first-order valence-electron chi connectivity index (χ1n) is 2.55. The van der Waals surface area contributed by atoms with E-state index >= 15 is 0 Å². The van der Waals surface area contributed by atoms with Crippen LogP contribution in [0.25, 0.3) is 0 Å². The van der Waals surface area contributed by atoms with Crippen LogP contribution in [-0.2, 0) is 0 Å². The first-order chi connectivity index (χ1) is 4.33. The van der Waals surface area contributed by atoms with Gasteiger partial charge in [0.05, 0.1) is 0 Å². The summed E-state index contributed by atoms with van der Waals surface area (Å²) in [6.07, 6.45) is 5.00. The normalized spacial score (nSPS) is 8.44. The maximum atomic E-state index is 12.3. The van der Waals surface area contributed by atoms with Gasteiger partial charge in [-0.15, -0.1) is 6.42 Å². The lowest BCUT2D eigenvalue weighted by atomic mass is 10.2. The minimum absolute atomic E-state index is 0.287. The van der Waals surface area contributed by atoms with E-state index in [0.29, 0.717) is 5.56 Å². The molecular formula is C8H5F. The van der Waals surface area contributed by atoms with Crippen LogP contribution in [0.1, 0.15) is 5.56 Å². The molecule has 0 radical (unpaired) electrons. The van der Waals surface area contributed by atoms with Gasteiger partial charge in [0.2, 0.25) is 0 Å². The lowest BCUT2D eigenvalue weighted by Gasteiger charge is -1.87. The van der Waals surface area contributed by atoms with Crippen molar-refractivity contribution in [3.05, 3.63) is 35.6 Å². The maximum Gasteiger partial charge on any atom is 0.124 e. The minimum atomic E-state index is -0.287. The average molecular weight is 119 g/mol. The zero-order chi connectivity index (χ0) is 6.69. The Balaban J connectivity index is 3.12. The predicted octanol–water partition coefficient (Wildman–Crippen LogP) is 1.81. The molecule has 0 aliphatic rings. The van der Waals surface area contributed by atoms with E-state index in [4.69, 9.17) is 6.42 Å². The van der Waals surface area contributed by atoms with E-state index in [2.05, 4.69) is 5.92 Å². The highest BCUT2D eigenvalue weighted by atomic mass is 18.2. The van der Waals surface area contributed by atoms with E-state index in [9.17, 15) is 4.39 Å². The van der Waals surface area contributed by atoms with Gasteiger partial charge >= 0.3 is 0 Å². The molecule has 0 aliphatic carbocycles. The molecule has 44 valence electrons. The van der Waals surface area contributed by atoms with E-state index in [1.54, 1.807) is 12.1 Å². The van der Waals surface area contributed by atoms with Gasteiger partial charge in [0.25, 0.3) is 0 Å². The van der Waals surface area contributed by atoms with Crippen molar-refractivity contribution >= 4 is 0 Å². The Labute approximate surface area is 53.3 Å². The lowest BCUT2D eigenvalue weighted by molar-refractivity contribution is 0.627. The second-order valence-corrected chi connectivity index (χ2v) is 1.65. The van der Waals surface area contributed by atoms with Gasteiger partial charge in [-0.1, -0.05) is 12.0 Å². The molecule has 0 atom stereocenters. The fourth-order valence-corrected chi connectivity index (χ4v) is 0.578. The first-order valence-corrected chi connectivity index (χ1v) is 2.55. The van der Waals surface area contributed by atoms with Crippen LogP contribution in [0.3, 0.4) is 0 Å². The first kappa shape index (κ1) is 5.84. The summed E-state index contributed by atoms with van der Waals surface area (Å²) in [6, 6.07) is 5.95. The molecule has 1 aromatic rings. The molecule has 0 saturated heterocycles. The van der Waals surface area contributed by atoms with Crippen molar-refractivity contribution < 1.29 is 4.39 Å². The summed E-state index contributed by atoms with van der Waals surface area (Å²) in [7, 11) is 0. The third-order valence-corrected chi connectivity index (χ3v) is 0.991. The van der Waals surface area contributed by atoms with Gasteiger partial charge in [0.15, 0.2) is 0 Å². The molecule has 1 heteroatoms. The fourth-order valence-electron chi connectivity index (χ4n) is 0.578. The number of terminal acetylenes is 1. The molecule has 0 amide bonds. The molecule has 0 nitrogen and oxygen atoms in total. The SMILES string of the molecule is C#Cc1cccc([18F])c1. The van der Waals surface area contributed by atoms with E-state index in [1.807, 2.05) is 0 Å². The number of hydrogen-bond donors (Lipinski definition) is 0. The Kier molecular flexibility index (Phi) is 1.51. The van der Waals surface area contributed by atoms with Crippen LogP contribution in [0.5, 0.6) is 0 Å². The second-order valence-electron chi connectivity index (χ2n) is 1.65. The summed E-state index contributed by atoms with van der Waals surface area (Å²) in [5.41, 5.74) is 0.579. The van der Waals surface area contributed by atoms with E-state index in [1.165, 1.54) is 12.1 Å². The number of halogens is 1. The summed E-state index contributed by atoms with van der Waals surface area (Å²) < 4.78 is 12.3. The second kappa shape index (κ2) is 2.32. The molecule has 0 bridgehead atoms. The molecule has 0 N–H and O–H groups in total. The third kappa shape index (κ3) is 1.30. The van der Waals surface area contributed by atoms with Gasteiger partial charge in [-0.05, 0) is 18.2 Å². The molecule has 1 aromatic carbocycles. The van der Waals surface area contributed by atoms with Crippen LogP contribution in [0, 0.1) is 18.2 Å². The van der Waals surface area contributed by atoms with Gasteiger partial charge in [-0.25, -0.2) is 4.39 Å². The van der Waals surface area contributed by atoms with Gasteiger partial charge in [0, 0.05) is 5.56 Å². The Morgan fingerprint density at radius 2 is 2.22 bits per heavy atom. The number of rotatable bonds is 0. The van der Waals surface area contributed by atoms with Crippen molar-refractivity contribution in [3.63, 3.8) is 0 Å². The van der Waals surface area contributed by atoms with Gasteiger partial charge in [0.1, 0.15) is 5.82 Å². The number of hydrogen-bond acceptors (Lipinski definition) is 0. The van der Waals surface area contributed by atoms with Crippen LogP contribution >= 0.6 is 0 Å². The van der Waals surface area contributed by atoms with E-state index < -0.39 is 0 Å². The standard InChI is InChI=1S/C8H5F/c1-2-7-4-3-5-8(9)6-7/h1,3-6H/i9-1. The largest absolute Gasteiger partial charge is 0.207 e. The molecule has 0 unspecified atom stereocenters. The highest BCUT2D eigenvalue weighted by Crippen LogP contribution is 2.00. The molecular weight excluding hydrogens is 114 g/mol. The van der Waals surface area contributed by atoms with Crippen LogP contribution in [0.2, 0.25) is 0 Å². The van der Waals surface area contributed by atoms with E-state index in [-0.39, 0.29) is 5.82 Å². The van der Waals surface area contributed by atoms with Crippen molar-refractivity contribution in [1.29, 1.82) is 0 Å². The summed E-state index contributed by atoms with van der Waals surface area (Å²) >= 11 is 0. The van der Waals surface area contributed by atoms with Crippen molar-refractivity contribution in [1.82, 2.24) is 0 Å². The Bertz CT molecular complexity index is 245. The summed E-state index contributed by atoms with van der Waals surface area (Å²) in [6.45, 7) is 0. The zero-order valence-corrected chi connectivity index (χ0v) is 4.76. The van der Waals surface area contributed by atoms with Crippen molar-refractivity contribution in [2.75, 3.05) is 0 Å². The Hall–Kier alpha value is -1.29. The van der Waals surface area contributed by atoms with Crippen LogP contribution < -0.4 is 0 Å². The quantitative estimate of drug-likeness (QED) is 0.457. The summed E-state index contributed by atoms with van der Waals surface area (Å²) in [4.78, 5) is 0. The highest BCUT2D eigenvalue weighted by molar-refractivity contribution is 5.31. The van der Waals surface area contributed by atoms with Crippen molar-refractivity contribution in [2.24, 2.45) is 0 Å². The van der Waals surface area contributed by atoms with Gasteiger partial charge in [-0.3, -0.25) is 0 Å². The molecule has 0 spiro atoms. The molecule has 0 fully saturated rings. The predicted molar refractivity (Wildman–Crippen MR) is 34.3 cm³/mol. The fraction of sp³-hybridized carbons (Fsp3) is 0. The van der Waals surface area contributed by atoms with Crippen molar-refractivity contribution in [2.45, 2.75) is 0 Å². The monoisotopic (exact) mass is 119 g/mol. The van der Waals surface area contributed by atoms with Gasteiger partial charge in [-0.2, -0.15) is 0 Å². The summed E-state index contributed by atoms with van der Waals surface area (Å²) in [5, 5.41) is 0. The topological polar surface area (TPSA) is 0 Å². The van der Waals surface area contributed by atoms with Crippen LogP contribution in [-0.4, -0.2) is 0 Å². The van der Waals surface area contributed by atoms with E-state index in [0.717, 1.165) is 0 Å². The molecule has 0 aliphatic heterocycles. The molecule has 0 aromatic heterocycles. The zero-order valence-electron chi connectivity index (χ0n) is 4.76. The summed E-state index contributed by atoms with van der Waals surface area (Å²) in [5.74, 6) is 2.04. The molecule has 0 saturated carbocycles. The molecule has 0 heterocycles. The van der Waals surface area contributed by atoms with Crippen molar-refractivity contribution in [3.8, 4) is 12.3 Å². The molecule has 9 heavy (non-hydrogen) atoms. The van der Waals surface area contributed by atoms with Crippen LogP contribution in [0.15, 0.2) is 24.3 Å². The molecule has 1 rings (SSSR count). The third-order valence-electron chi connectivity index (χ3n) is 0.991. The maximum absolute atomic E-state index is 12.3. The smallest absolute Gasteiger partial charge is 0.124 e. The average Bonchev–Trinajstić information content (AvgIpc) is 1.88. The Morgan fingerprint density at radius 1 is 1.44 bits per heavy atom. The Morgan fingerprint density at radius 3 is 2.67 bits per heavy atom. The van der Waals surface area contributed by atoms with Crippen LogP contribution in [0.4, 0.5) is 4.39 Å². The number of benzene rings is 1. The van der Waals surface area contributed by atoms with Gasteiger partial charge < -0.3 is 0 Å². The highest BCUT2D eigenvalue weighted by Gasteiger charge is 1.87. The lowest BCUT2D eigenvalue weighted by Crippen LogP contribution is -1.74.